The van der Waals surface area contributed by atoms with E-state index in [-0.39, 0.29) is 41.4 Å². The molecule has 0 radical (unpaired) electrons. The molecule has 0 unspecified atom stereocenters. The molecule has 1 N–H and O–H groups in total. The van der Waals surface area contributed by atoms with Crippen molar-refractivity contribution < 1.29 is 32.3 Å². The van der Waals surface area contributed by atoms with E-state index in [4.69, 9.17) is 4.74 Å². The summed E-state index contributed by atoms with van der Waals surface area (Å²) < 4.78 is 37.1. The third-order valence-corrected chi connectivity index (χ3v) is 6.66. The molecule has 0 atom stereocenters. The molecule has 1 aromatic heterocycles. The van der Waals surface area contributed by atoms with Crippen molar-refractivity contribution in [2.75, 3.05) is 25.1 Å². The lowest BCUT2D eigenvalue weighted by Gasteiger charge is -2.39. The zero-order valence-corrected chi connectivity index (χ0v) is 21.1. The van der Waals surface area contributed by atoms with Gasteiger partial charge >= 0.3 is 11.9 Å². The summed E-state index contributed by atoms with van der Waals surface area (Å²) in [6, 6.07) is 9.48. The van der Waals surface area contributed by atoms with Gasteiger partial charge in [-0.25, -0.2) is 23.0 Å². The average molecular weight is 515 g/mol. The number of rotatable bonds is 8. The van der Waals surface area contributed by atoms with Gasteiger partial charge in [0.15, 0.2) is 0 Å². The smallest absolute Gasteiger partial charge is 0.340 e. The van der Waals surface area contributed by atoms with Gasteiger partial charge in [-0.05, 0) is 38.5 Å². The van der Waals surface area contributed by atoms with E-state index >= 15 is 0 Å². The molecule has 36 heavy (non-hydrogen) atoms. The Labute approximate surface area is 209 Å². The number of anilines is 1. The van der Waals surface area contributed by atoms with Crippen LogP contribution in [-0.2, 0) is 30.0 Å². The van der Waals surface area contributed by atoms with Gasteiger partial charge < -0.3 is 14.4 Å². The number of hydrogen-bond acceptors (Lipinski definition) is 10. The predicted octanol–water partition coefficient (Wildman–Crippen LogP) is 1.70. The Morgan fingerprint density at radius 1 is 1.19 bits per heavy atom. The van der Waals surface area contributed by atoms with E-state index in [2.05, 4.69) is 14.4 Å². The van der Waals surface area contributed by atoms with Crippen molar-refractivity contribution in [3.8, 4) is 6.07 Å². The molecule has 0 aliphatic carbocycles. The quantitative estimate of drug-likeness (QED) is 0.514. The molecule has 1 fully saturated rings. The van der Waals surface area contributed by atoms with Crippen LogP contribution < -0.4 is 9.62 Å². The zero-order valence-electron chi connectivity index (χ0n) is 20.3. The number of carbonyl (C=O) groups is 3. The zero-order chi connectivity index (χ0) is 26.6. The number of amides is 1. The largest absolute Gasteiger partial charge is 0.465 e. The van der Waals surface area contributed by atoms with Gasteiger partial charge in [-0.15, -0.1) is 0 Å². The third kappa shape index (κ3) is 5.98. The van der Waals surface area contributed by atoms with Crippen LogP contribution in [0.15, 0.2) is 30.3 Å². The van der Waals surface area contributed by atoms with E-state index in [1.165, 1.54) is 25.3 Å². The summed E-state index contributed by atoms with van der Waals surface area (Å²) >= 11 is 0. The number of methoxy groups -OCH3 is 1. The number of nitrogens with zero attached hydrogens (tertiary/aromatic N) is 3. The Hall–Kier alpha value is -3.98. The third-order valence-electron chi connectivity index (χ3n) is 5.45. The van der Waals surface area contributed by atoms with Gasteiger partial charge in [0.05, 0.1) is 47.3 Å². The first-order chi connectivity index (χ1) is 17.0. The van der Waals surface area contributed by atoms with Crippen LogP contribution in [0.5, 0.6) is 0 Å². The number of nitriles is 1. The highest BCUT2D eigenvalue weighted by Gasteiger charge is 2.37. The minimum Gasteiger partial charge on any atom is -0.465 e. The molecule has 2 aromatic rings. The van der Waals surface area contributed by atoms with Crippen LogP contribution in [0.2, 0.25) is 0 Å². The minimum absolute atomic E-state index is 0.0962. The Kier molecular flexibility index (Phi) is 7.94. The standard InChI is InChI=1S/C24H26N4O7S/c1-14(2)35-24(31)20-9-17(10-25)21(26-15(20)3)28-11-18(12-28)22(29)27-36(32,33)13-16-7-5-6-8-19(16)23(30)34-4/h5-9,14,18H,11-13H2,1-4H3,(H,27,29). The Morgan fingerprint density at radius 3 is 2.47 bits per heavy atom. The van der Waals surface area contributed by atoms with Gasteiger partial charge in [0.1, 0.15) is 11.9 Å². The average Bonchev–Trinajstić information content (AvgIpc) is 2.76. The Morgan fingerprint density at radius 2 is 1.86 bits per heavy atom. The highest BCUT2D eigenvalue weighted by Crippen LogP contribution is 2.28. The molecule has 1 aliphatic heterocycles. The number of esters is 2. The van der Waals surface area contributed by atoms with Crippen molar-refractivity contribution in [1.29, 1.82) is 5.26 Å². The fraction of sp³-hybridized carbons (Fsp3) is 0.375. The van der Waals surface area contributed by atoms with E-state index in [9.17, 15) is 28.1 Å². The van der Waals surface area contributed by atoms with Crippen molar-refractivity contribution in [3.63, 3.8) is 0 Å². The van der Waals surface area contributed by atoms with Crippen LogP contribution in [0.1, 0.15) is 51.4 Å². The molecule has 1 amide bonds. The first-order valence-electron chi connectivity index (χ1n) is 11.0. The number of ether oxygens (including phenoxy) is 2. The summed E-state index contributed by atoms with van der Waals surface area (Å²) in [6.07, 6.45) is -0.331. The number of nitrogens with one attached hydrogen (secondary N) is 1. The maximum absolute atomic E-state index is 12.6. The van der Waals surface area contributed by atoms with Crippen molar-refractivity contribution in [1.82, 2.24) is 9.71 Å². The topological polar surface area (TPSA) is 156 Å². The van der Waals surface area contributed by atoms with E-state index in [0.29, 0.717) is 11.5 Å². The maximum Gasteiger partial charge on any atom is 0.340 e. The number of sulfonamides is 1. The monoisotopic (exact) mass is 514 g/mol. The molecule has 12 heteroatoms. The lowest BCUT2D eigenvalue weighted by Crippen LogP contribution is -2.55. The summed E-state index contributed by atoms with van der Waals surface area (Å²) in [7, 11) is -2.90. The van der Waals surface area contributed by atoms with Crippen LogP contribution in [0, 0.1) is 24.2 Å². The molecule has 0 saturated carbocycles. The lowest BCUT2D eigenvalue weighted by molar-refractivity contribution is -0.123. The SMILES string of the molecule is COC(=O)c1ccccc1CS(=O)(=O)NC(=O)C1CN(c2nc(C)c(C(=O)OC(C)C)cc2C#N)C1. The fourth-order valence-corrected chi connectivity index (χ4v) is 4.86. The van der Waals surface area contributed by atoms with Gasteiger partial charge in [0, 0.05) is 13.1 Å². The number of pyridine rings is 1. The number of aryl methyl sites for hydroxylation is 1. The molecule has 0 bridgehead atoms. The van der Waals surface area contributed by atoms with Crippen LogP contribution in [0.3, 0.4) is 0 Å². The maximum atomic E-state index is 12.6. The van der Waals surface area contributed by atoms with E-state index in [1.54, 1.807) is 37.8 Å². The number of hydrogen-bond donors (Lipinski definition) is 1. The van der Waals surface area contributed by atoms with Crippen LogP contribution in [0.4, 0.5) is 5.82 Å². The number of aromatic nitrogens is 1. The molecular weight excluding hydrogens is 488 g/mol. The van der Waals surface area contributed by atoms with Gasteiger partial charge in [0.25, 0.3) is 0 Å². The molecule has 1 aromatic carbocycles. The van der Waals surface area contributed by atoms with Crippen molar-refractivity contribution in [3.05, 3.63) is 58.3 Å². The highest BCUT2D eigenvalue weighted by molar-refractivity contribution is 7.89. The first-order valence-corrected chi connectivity index (χ1v) is 12.7. The van der Waals surface area contributed by atoms with Crippen LogP contribution >= 0.6 is 0 Å². The summed E-state index contributed by atoms with van der Waals surface area (Å²) in [5.74, 6) is -2.90. The van der Waals surface area contributed by atoms with Crippen molar-refractivity contribution in [2.45, 2.75) is 32.6 Å². The molecule has 11 nitrogen and oxygen atoms in total. The van der Waals surface area contributed by atoms with Gasteiger partial charge in [-0.1, -0.05) is 18.2 Å². The van der Waals surface area contributed by atoms with Crippen LogP contribution in [-0.4, -0.2) is 57.6 Å². The first kappa shape index (κ1) is 26.6. The van der Waals surface area contributed by atoms with Crippen molar-refractivity contribution >= 4 is 33.7 Å². The minimum atomic E-state index is -4.09. The van der Waals surface area contributed by atoms with Gasteiger partial charge in [0.2, 0.25) is 15.9 Å². The van der Waals surface area contributed by atoms with Gasteiger partial charge in [-0.3, -0.25) is 9.52 Å². The van der Waals surface area contributed by atoms with E-state index in [0.717, 1.165) is 0 Å². The summed E-state index contributed by atoms with van der Waals surface area (Å²) in [6.45, 7) is 5.31. The molecule has 190 valence electrons. The summed E-state index contributed by atoms with van der Waals surface area (Å²) in [5, 5.41) is 9.55. The van der Waals surface area contributed by atoms with Crippen LogP contribution in [0.25, 0.3) is 0 Å². The van der Waals surface area contributed by atoms with Gasteiger partial charge in [-0.2, -0.15) is 5.26 Å². The molecule has 3 rings (SSSR count). The lowest BCUT2D eigenvalue weighted by atomic mass is 9.98. The summed E-state index contributed by atoms with van der Waals surface area (Å²) in [4.78, 5) is 42.8. The Balaban J connectivity index is 1.67. The molecule has 1 aliphatic rings. The normalized spacial score (nSPS) is 13.5. The van der Waals surface area contributed by atoms with E-state index < -0.39 is 39.5 Å². The second-order valence-corrected chi connectivity index (χ2v) is 10.3. The number of carbonyl (C=O) groups excluding carboxylic acids is 3. The number of benzene rings is 1. The molecule has 2 heterocycles. The highest BCUT2D eigenvalue weighted by atomic mass is 32.2. The summed E-state index contributed by atoms with van der Waals surface area (Å²) in [5.41, 5.74) is 0.988. The predicted molar refractivity (Wildman–Crippen MR) is 128 cm³/mol. The van der Waals surface area contributed by atoms with Crippen molar-refractivity contribution in [2.24, 2.45) is 5.92 Å². The fourth-order valence-electron chi connectivity index (χ4n) is 3.65. The molecule has 1 saturated heterocycles. The molecule has 0 spiro atoms. The second kappa shape index (κ2) is 10.7. The van der Waals surface area contributed by atoms with E-state index in [1.807, 2.05) is 6.07 Å². The Bertz CT molecular complexity index is 1340. The second-order valence-electron chi connectivity index (χ2n) is 8.53. The molecular formula is C24H26N4O7S.